The molecule has 0 saturated carbocycles. The van der Waals surface area contributed by atoms with Crippen LogP contribution in [0.15, 0.2) is 60.7 Å². The maximum Gasteiger partial charge on any atom is 0.338 e. The van der Waals surface area contributed by atoms with E-state index >= 15 is 0 Å². The van der Waals surface area contributed by atoms with E-state index in [0.717, 1.165) is 11.6 Å². The van der Waals surface area contributed by atoms with Crippen LogP contribution < -0.4 is 5.73 Å². The van der Waals surface area contributed by atoms with Crippen LogP contribution in [0.3, 0.4) is 0 Å². The van der Waals surface area contributed by atoms with Gasteiger partial charge >= 0.3 is 5.97 Å². The third-order valence-electron chi connectivity index (χ3n) is 4.34. The van der Waals surface area contributed by atoms with E-state index in [1.165, 1.54) is 12.1 Å². The second-order valence-corrected chi connectivity index (χ2v) is 6.25. The number of carboxylic acids is 1. The van der Waals surface area contributed by atoms with Gasteiger partial charge < -0.3 is 10.8 Å². The lowest BCUT2D eigenvalue weighted by Gasteiger charge is -2.09. The molecule has 0 atom stereocenters. The summed E-state index contributed by atoms with van der Waals surface area (Å²) in [5.41, 5.74) is 9.28. The van der Waals surface area contributed by atoms with E-state index in [9.17, 15) is 9.18 Å². The fourth-order valence-electron chi connectivity index (χ4n) is 3.02. The van der Waals surface area contributed by atoms with Crippen LogP contribution in [-0.4, -0.2) is 26.0 Å². The number of nitrogens with zero attached hydrogens (tertiary/aromatic N) is 3. The summed E-state index contributed by atoms with van der Waals surface area (Å²) in [7, 11) is 0. The summed E-state index contributed by atoms with van der Waals surface area (Å²) in [5.74, 6) is -1.97. The molecule has 138 valence electrons. The highest BCUT2D eigenvalue weighted by Gasteiger charge is 2.14. The highest BCUT2D eigenvalue weighted by Crippen LogP contribution is 2.25. The van der Waals surface area contributed by atoms with Gasteiger partial charge in [0, 0.05) is 12.0 Å². The Morgan fingerprint density at radius 2 is 1.79 bits per heavy atom. The molecule has 0 aliphatic carbocycles. The third-order valence-corrected chi connectivity index (χ3v) is 4.34. The summed E-state index contributed by atoms with van der Waals surface area (Å²) in [6.45, 7) is 0. The van der Waals surface area contributed by atoms with Gasteiger partial charge in [-0.05, 0) is 29.8 Å². The summed E-state index contributed by atoms with van der Waals surface area (Å²) >= 11 is 0. The molecule has 7 heteroatoms. The van der Waals surface area contributed by atoms with Gasteiger partial charge in [0.2, 0.25) is 5.95 Å². The molecule has 0 radical (unpaired) electrons. The highest BCUT2D eigenvalue weighted by molar-refractivity contribution is 5.89. The van der Waals surface area contributed by atoms with Gasteiger partial charge in [0.25, 0.3) is 0 Å². The third kappa shape index (κ3) is 3.37. The van der Waals surface area contributed by atoms with Crippen LogP contribution in [0.2, 0.25) is 0 Å². The van der Waals surface area contributed by atoms with Crippen molar-refractivity contribution in [3.05, 3.63) is 83.3 Å². The van der Waals surface area contributed by atoms with Crippen molar-refractivity contribution in [2.75, 3.05) is 5.73 Å². The first-order valence-electron chi connectivity index (χ1n) is 8.51. The molecule has 4 aromatic rings. The van der Waals surface area contributed by atoms with E-state index < -0.39 is 11.8 Å². The van der Waals surface area contributed by atoms with Crippen LogP contribution in [0.4, 0.5) is 10.3 Å². The Morgan fingerprint density at radius 1 is 1.00 bits per heavy atom. The molecule has 0 amide bonds. The van der Waals surface area contributed by atoms with Gasteiger partial charge in [-0.1, -0.05) is 36.4 Å². The van der Waals surface area contributed by atoms with E-state index in [-0.39, 0.29) is 11.5 Å². The molecule has 0 aliphatic rings. The molecule has 2 aromatic carbocycles. The van der Waals surface area contributed by atoms with E-state index in [4.69, 9.17) is 10.8 Å². The lowest BCUT2D eigenvalue weighted by atomic mass is 10.1. The fraction of sp³-hybridized carbons (Fsp3) is 0.0476. The molecular weight excluding hydrogens is 359 g/mol. The van der Waals surface area contributed by atoms with Crippen molar-refractivity contribution in [1.82, 2.24) is 15.0 Å². The van der Waals surface area contributed by atoms with Crippen LogP contribution in [0.25, 0.3) is 22.3 Å². The fourth-order valence-corrected chi connectivity index (χ4v) is 3.02. The Bertz CT molecular complexity index is 1200. The van der Waals surface area contributed by atoms with Crippen LogP contribution >= 0.6 is 0 Å². The zero-order valence-corrected chi connectivity index (χ0v) is 14.6. The summed E-state index contributed by atoms with van der Waals surface area (Å²) in [5, 5.41) is 8.99. The minimum absolute atomic E-state index is 0.157. The minimum atomic E-state index is -1.32. The average molecular weight is 374 g/mol. The molecule has 2 aromatic heterocycles. The summed E-state index contributed by atoms with van der Waals surface area (Å²) in [6.07, 6.45) is 0.521. The van der Waals surface area contributed by atoms with Gasteiger partial charge in [-0.3, -0.25) is 0 Å². The molecule has 0 unspecified atom stereocenters. The number of aromatic carboxylic acids is 1. The standard InChI is InChI=1S/C21H15FN4O2/c22-15-11-13(6-7-14(15)20(27)28)16-8-9-17-19(24-16)18(26-21(23)25-17)10-12-4-2-1-3-5-12/h1-9,11H,10H2,(H,27,28)(H2,23,25,26). The van der Waals surface area contributed by atoms with Gasteiger partial charge in [-0.2, -0.15) is 0 Å². The smallest absolute Gasteiger partial charge is 0.338 e. The summed E-state index contributed by atoms with van der Waals surface area (Å²) in [6, 6.07) is 17.1. The predicted octanol–water partition coefficient (Wildman–Crippen LogP) is 3.70. The van der Waals surface area contributed by atoms with Gasteiger partial charge in [0.1, 0.15) is 11.3 Å². The molecule has 2 heterocycles. The Morgan fingerprint density at radius 3 is 2.50 bits per heavy atom. The van der Waals surface area contributed by atoms with Crippen molar-refractivity contribution >= 4 is 23.0 Å². The minimum Gasteiger partial charge on any atom is -0.478 e. The zero-order chi connectivity index (χ0) is 19.7. The molecule has 3 N–H and O–H groups in total. The number of carbonyl (C=O) groups is 1. The lowest BCUT2D eigenvalue weighted by Crippen LogP contribution is -2.04. The number of hydrogen-bond donors (Lipinski definition) is 2. The first-order valence-corrected chi connectivity index (χ1v) is 8.51. The molecule has 0 aliphatic heterocycles. The number of rotatable bonds is 4. The number of halogens is 1. The van der Waals surface area contributed by atoms with E-state index in [1.807, 2.05) is 30.3 Å². The number of pyridine rings is 1. The molecule has 28 heavy (non-hydrogen) atoms. The van der Waals surface area contributed by atoms with Crippen molar-refractivity contribution in [3.63, 3.8) is 0 Å². The van der Waals surface area contributed by atoms with Gasteiger partial charge in [-0.25, -0.2) is 24.1 Å². The van der Waals surface area contributed by atoms with Crippen LogP contribution in [0.1, 0.15) is 21.6 Å². The van der Waals surface area contributed by atoms with E-state index in [0.29, 0.717) is 34.4 Å². The Hall–Kier alpha value is -3.87. The molecule has 0 saturated heterocycles. The maximum absolute atomic E-state index is 14.1. The van der Waals surface area contributed by atoms with Crippen LogP contribution in [0.5, 0.6) is 0 Å². The normalized spacial score (nSPS) is 10.9. The number of fused-ring (bicyclic) bond motifs is 1. The van der Waals surface area contributed by atoms with Crippen LogP contribution in [0, 0.1) is 5.82 Å². The van der Waals surface area contributed by atoms with E-state index in [2.05, 4.69) is 15.0 Å². The second-order valence-electron chi connectivity index (χ2n) is 6.25. The van der Waals surface area contributed by atoms with Crippen LogP contribution in [-0.2, 0) is 6.42 Å². The number of nitrogen functional groups attached to an aromatic ring is 1. The quantitative estimate of drug-likeness (QED) is 0.565. The first-order chi connectivity index (χ1) is 13.5. The number of carboxylic acid groups (broad SMARTS) is 1. The molecule has 4 rings (SSSR count). The lowest BCUT2D eigenvalue weighted by molar-refractivity contribution is 0.0692. The Labute approximate surface area is 159 Å². The summed E-state index contributed by atoms with van der Waals surface area (Å²) in [4.78, 5) is 24.2. The van der Waals surface area contributed by atoms with Crippen molar-refractivity contribution in [1.29, 1.82) is 0 Å². The molecule has 0 spiro atoms. The second kappa shape index (κ2) is 7.03. The number of benzene rings is 2. The molecule has 0 fully saturated rings. The largest absolute Gasteiger partial charge is 0.478 e. The van der Waals surface area contributed by atoms with Crippen molar-refractivity contribution in [3.8, 4) is 11.3 Å². The number of hydrogen-bond acceptors (Lipinski definition) is 5. The SMILES string of the molecule is Nc1nc(Cc2ccccc2)c2nc(-c3ccc(C(=O)O)c(F)c3)ccc2n1. The van der Waals surface area contributed by atoms with Gasteiger partial charge in [0.15, 0.2) is 0 Å². The maximum atomic E-state index is 14.1. The Balaban J connectivity index is 1.82. The van der Waals surface area contributed by atoms with E-state index in [1.54, 1.807) is 12.1 Å². The molecular formula is C21H15FN4O2. The predicted molar refractivity (Wildman–Crippen MR) is 103 cm³/mol. The number of nitrogens with two attached hydrogens (primary N) is 1. The van der Waals surface area contributed by atoms with Crippen molar-refractivity contribution in [2.24, 2.45) is 0 Å². The number of anilines is 1. The Kier molecular flexibility index (Phi) is 4.41. The number of aromatic nitrogens is 3. The highest BCUT2D eigenvalue weighted by atomic mass is 19.1. The van der Waals surface area contributed by atoms with Crippen molar-refractivity contribution < 1.29 is 14.3 Å². The molecule has 0 bridgehead atoms. The zero-order valence-electron chi connectivity index (χ0n) is 14.6. The first kappa shape index (κ1) is 17.5. The summed E-state index contributed by atoms with van der Waals surface area (Å²) < 4.78 is 14.1. The topological polar surface area (TPSA) is 102 Å². The average Bonchev–Trinajstić information content (AvgIpc) is 2.68. The monoisotopic (exact) mass is 374 g/mol. The van der Waals surface area contributed by atoms with Gasteiger partial charge in [0.05, 0.1) is 22.5 Å². The van der Waals surface area contributed by atoms with Crippen molar-refractivity contribution in [2.45, 2.75) is 6.42 Å². The molecule has 6 nitrogen and oxygen atoms in total. The van der Waals surface area contributed by atoms with Gasteiger partial charge in [-0.15, -0.1) is 0 Å².